The van der Waals surface area contributed by atoms with Gasteiger partial charge in [-0.15, -0.1) is 5.10 Å². The van der Waals surface area contributed by atoms with Gasteiger partial charge in [-0.3, -0.25) is 0 Å². The summed E-state index contributed by atoms with van der Waals surface area (Å²) >= 11 is 0. The number of aromatic nitrogens is 2. The van der Waals surface area contributed by atoms with Crippen LogP contribution in [0.2, 0.25) is 0 Å². The fourth-order valence-corrected chi connectivity index (χ4v) is 2.05. The van der Waals surface area contributed by atoms with Crippen molar-refractivity contribution in [3.05, 3.63) is 17.8 Å². The van der Waals surface area contributed by atoms with E-state index in [9.17, 15) is 0 Å². The minimum absolute atomic E-state index is 0.442. The van der Waals surface area contributed by atoms with Gasteiger partial charge in [0.2, 0.25) is 0 Å². The molecule has 4 heteroatoms. The van der Waals surface area contributed by atoms with Crippen LogP contribution in [0.3, 0.4) is 0 Å². The third kappa shape index (κ3) is 2.32. The first-order valence-electron chi connectivity index (χ1n) is 5.99. The van der Waals surface area contributed by atoms with Crippen LogP contribution in [0.1, 0.15) is 31.9 Å². The van der Waals surface area contributed by atoms with E-state index < -0.39 is 0 Å². The van der Waals surface area contributed by atoms with Gasteiger partial charge in [0.05, 0.1) is 5.69 Å². The molecule has 88 valence electrons. The SMILES string of the molecule is CC(C)c1ccc(N2CCC(CN)C2)nn1. The van der Waals surface area contributed by atoms with E-state index in [1.54, 1.807) is 0 Å². The van der Waals surface area contributed by atoms with E-state index in [1.807, 2.05) is 0 Å². The molecule has 1 aliphatic heterocycles. The molecule has 1 unspecified atom stereocenters. The molecule has 2 N–H and O–H groups in total. The van der Waals surface area contributed by atoms with E-state index in [4.69, 9.17) is 5.73 Å². The fraction of sp³-hybridized carbons (Fsp3) is 0.667. The first kappa shape index (κ1) is 11.3. The maximum atomic E-state index is 5.68. The third-order valence-electron chi connectivity index (χ3n) is 3.21. The molecule has 1 fully saturated rings. The van der Waals surface area contributed by atoms with Crippen molar-refractivity contribution in [1.29, 1.82) is 0 Å². The second-order valence-corrected chi connectivity index (χ2v) is 4.81. The van der Waals surface area contributed by atoms with Gasteiger partial charge in [-0.05, 0) is 36.9 Å². The summed E-state index contributed by atoms with van der Waals surface area (Å²) in [6.07, 6.45) is 1.17. The molecule has 0 aliphatic carbocycles. The smallest absolute Gasteiger partial charge is 0.151 e. The Morgan fingerprint density at radius 1 is 1.44 bits per heavy atom. The standard InChI is InChI=1S/C12H20N4/c1-9(2)11-3-4-12(15-14-11)16-6-5-10(7-13)8-16/h3-4,9-10H,5-8,13H2,1-2H3. The zero-order valence-corrected chi connectivity index (χ0v) is 10.1. The minimum Gasteiger partial charge on any atom is -0.355 e. The Morgan fingerprint density at radius 2 is 2.25 bits per heavy atom. The predicted molar refractivity (Wildman–Crippen MR) is 65.5 cm³/mol. The monoisotopic (exact) mass is 220 g/mol. The molecular weight excluding hydrogens is 200 g/mol. The normalized spacial score (nSPS) is 20.8. The highest BCUT2D eigenvalue weighted by molar-refractivity contribution is 5.38. The first-order valence-corrected chi connectivity index (χ1v) is 5.99. The lowest BCUT2D eigenvalue weighted by Gasteiger charge is -2.16. The number of nitrogens with zero attached hydrogens (tertiary/aromatic N) is 3. The Labute approximate surface area is 96.9 Å². The van der Waals surface area contributed by atoms with Gasteiger partial charge in [-0.1, -0.05) is 13.8 Å². The molecule has 0 bridgehead atoms. The Hall–Kier alpha value is -1.16. The number of rotatable bonds is 3. The Kier molecular flexibility index (Phi) is 3.39. The molecule has 1 aromatic heterocycles. The molecule has 1 atom stereocenters. The van der Waals surface area contributed by atoms with E-state index in [1.165, 1.54) is 6.42 Å². The quantitative estimate of drug-likeness (QED) is 0.836. The van der Waals surface area contributed by atoms with Crippen molar-refractivity contribution in [3.8, 4) is 0 Å². The predicted octanol–water partition coefficient (Wildman–Crippen LogP) is 1.39. The largest absolute Gasteiger partial charge is 0.355 e. The minimum atomic E-state index is 0.442. The zero-order valence-electron chi connectivity index (χ0n) is 10.1. The van der Waals surface area contributed by atoms with Gasteiger partial charge in [0, 0.05) is 13.1 Å². The summed E-state index contributed by atoms with van der Waals surface area (Å²) in [4.78, 5) is 2.27. The lowest BCUT2D eigenvalue weighted by molar-refractivity contribution is 0.602. The maximum absolute atomic E-state index is 5.68. The summed E-state index contributed by atoms with van der Waals surface area (Å²) < 4.78 is 0. The molecule has 0 amide bonds. The van der Waals surface area contributed by atoms with Crippen LogP contribution in [0.25, 0.3) is 0 Å². The molecule has 0 spiro atoms. The summed E-state index contributed by atoms with van der Waals surface area (Å²) in [5, 5.41) is 8.54. The number of hydrogen-bond acceptors (Lipinski definition) is 4. The molecule has 1 saturated heterocycles. The second-order valence-electron chi connectivity index (χ2n) is 4.81. The molecule has 1 aliphatic rings. The average Bonchev–Trinajstić information content (AvgIpc) is 2.77. The maximum Gasteiger partial charge on any atom is 0.151 e. The Morgan fingerprint density at radius 3 is 2.75 bits per heavy atom. The molecule has 0 aromatic carbocycles. The van der Waals surface area contributed by atoms with Crippen LogP contribution in [0.15, 0.2) is 12.1 Å². The van der Waals surface area contributed by atoms with Crippen LogP contribution in [-0.2, 0) is 0 Å². The van der Waals surface area contributed by atoms with Crippen LogP contribution >= 0.6 is 0 Å². The topological polar surface area (TPSA) is 55.0 Å². The van der Waals surface area contributed by atoms with Gasteiger partial charge in [0.25, 0.3) is 0 Å². The van der Waals surface area contributed by atoms with Crippen LogP contribution in [0.4, 0.5) is 5.82 Å². The first-order chi connectivity index (χ1) is 7.70. The molecule has 1 aromatic rings. The van der Waals surface area contributed by atoms with Crippen molar-refractivity contribution in [2.45, 2.75) is 26.2 Å². The van der Waals surface area contributed by atoms with Gasteiger partial charge < -0.3 is 10.6 Å². The summed E-state index contributed by atoms with van der Waals surface area (Å²) in [6.45, 7) is 7.10. The molecule has 2 rings (SSSR count). The Bertz CT molecular complexity index is 333. The number of anilines is 1. The van der Waals surface area contributed by atoms with E-state index in [-0.39, 0.29) is 0 Å². The molecule has 4 nitrogen and oxygen atoms in total. The molecule has 0 radical (unpaired) electrons. The van der Waals surface area contributed by atoms with Gasteiger partial charge in [-0.25, -0.2) is 0 Å². The van der Waals surface area contributed by atoms with Crippen LogP contribution < -0.4 is 10.6 Å². The van der Waals surface area contributed by atoms with E-state index in [2.05, 4.69) is 41.1 Å². The summed E-state index contributed by atoms with van der Waals surface area (Å²) in [7, 11) is 0. The van der Waals surface area contributed by atoms with E-state index in [0.717, 1.165) is 31.1 Å². The second kappa shape index (κ2) is 4.78. The fourth-order valence-electron chi connectivity index (χ4n) is 2.05. The molecule has 2 heterocycles. The third-order valence-corrected chi connectivity index (χ3v) is 3.21. The number of hydrogen-bond donors (Lipinski definition) is 1. The summed E-state index contributed by atoms with van der Waals surface area (Å²) in [5.74, 6) is 2.05. The van der Waals surface area contributed by atoms with Crippen molar-refractivity contribution in [1.82, 2.24) is 10.2 Å². The number of nitrogens with two attached hydrogens (primary N) is 1. The van der Waals surface area contributed by atoms with E-state index in [0.29, 0.717) is 11.8 Å². The zero-order chi connectivity index (χ0) is 11.5. The van der Waals surface area contributed by atoms with Crippen molar-refractivity contribution >= 4 is 5.82 Å². The lowest BCUT2D eigenvalue weighted by Crippen LogP contribution is -2.23. The Balaban J connectivity index is 2.05. The van der Waals surface area contributed by atoms with Gasteiger partial charge in [-0.2, -0.15) is 5.10 Å². The van der Waals surface area contributed by atoms with Crippen LogP contribution in [0, 0.1) is 5.92 Å². The molecular formula is C12H20N4. The van der Waals surface area contributed by atoms with Gasteiger partial charge in [0.1, 0.15) is 0 Å². The van der Waals surface area contributed by atoms with Crippen molar-refractivity contribution in [2.75, 3.05) is 24.5 Å². The molecule has 16 heavy (non-hydrogen) atoms. The van der Waals surface area contributed by atoms with Gasteiger partial charge >= 0.3 is 0 Å². The van der Waals surface area contributed by atoms with E-state index >= 15 is 0 Å². The highest BCUT2D eigenvalue weighted by Crippen LogP contribution is 2.21. The van der Waals surface area contributed by atoms with Crippen molar-refractivity contribution < 1.29 is 0 Å². The average molecular weight is 220 g/mol. The highest BCUT2D eigenvalue weighted by Gasteiger charge is 2.22. The van der Waals surface area contributed by atoms with Crippen molar-refractivity contribution in [3.63, 3.8) is 0 Å². The highest BCUT2D eigenvalue weighted by atomic mass is 15.3. The van der Waals surface area contributed by atoms with Crippen LogP contribution in [0.5, 0.6) is 0 Å². The van der Waals surface area contributed by atoms with Gasteiger partial charge in [0.15, 0.2) is 5.82 Å². The summed E-state index contributed by atoms with van der Waals surface area (Å²) in [5.41, 5.74) is 6.73. The lowest BCUT2D eigenvalue weighted by atomic mass is 10.1. The molecule has 0 saturated carbocycles. The van der Waals surface area contributed by atoms with Crippen molar-refractivity contribution in [2.24, 2.45) is 11.7 Å². The summed E-state index contributed by atoms with van der Waals surface area (Å²) in [6, 6.07) is 4.14. The van der Waals surface area contributed by atoms with Crippen LogP contribution in [-0.4, -0.2) is 29.8 Å².